The third-order valence-corrected chi connectivity index (χ3v) is 5.47. The molecule has 1 saturated carbocycles. The molecular formula is C16H19N3O3S. The first-order valence-electron chi connectivity index (χ1n) is 7.86. The van der Waals surface area contributed by atoms with E-state index < -0.39 is 0 Å². The molecule has 1 aliphatic carbocycles. The Bertz CT molecular complexity index is 760. The molecule has 4 rings (SSSR count). The minimum Gasteiger partial charge on any atom is -0.493 e. The molecule has 7 heteroatoms. The molecule has 0 saturated heterocycles. The van der Waals surface area contributed by atoms with Crippen LogP contribution in [0, 0.1) is 0 Å². The quantitative estimate of drug-likeness (QED) is 0.836. The number of hydrogen-bond acceptors (Lipinski definition) is 7. The molecular weight excluding hydrogens is 314 g/mol. The summed E-state index contributed by atoms with van der Waals surface area (Å²) >= 11 is 1.63. The van der Waals surface area contributed by atoms with E-state index in [9.17, 15) is 4.79 Å². The van der Waals surface area contributed by atoms with Crippen LogP contribution in [0.15, 0.2) is 12.1 Å². The Hall–Kier alpha value is -1.86. The van der Waals surface area contributed by atoms with Crippen molar-refractivity contribution in [2.24, 2.45) is 5.73 Å². The lowest BCUT2D eigenvalue weighted by atomic mass is 10.1. The van der Waals surface area contributed by atoms with E-state index in [2.05, 4.69) is 11.4 Å². The van der Waals surface area contributed by atoms with Crippen molar-refractivity contribution in [3.8, 4) is 5.75 Å². The van der Waals surface area contributed by atoms with E-state index in [1.165, 1.54) is 12.5 Å². The van der Waals surface area contributed by atoms with Crippen LogP contribution in [-0.2, 0) is 16.0 Å². The number of carbonyl (C=O) groups excluding carboxylic acids is 1. The number of nitrogens with one attached hydrogen (secondary N) is 1. The van der Waals surface area contributed by atoms with Gasteiger partial charge in [0.2, 0.25) is 0 Å². The van der Waals surface area contributed by atoms with Gasteiger partial charge in [0.1, 0.15) is 11.9 Å². The molecule has 0 radical (unpaired) electrons. The average molecular weight is 333 g/mol. The summed E-state index contributed by atoms with van der Waals surface area (Å²) in [4.78, 5) is 15.8. The number of fused-ring (bicyclic) bond motifs is 3. The van der Waals surface area contributed by atoms with Gasteiger partial charge in [-0.2, -0.15) is 0 Å². The lowest BCUT2D eigenvalue weighted by Gasteiger charge is -2.20. The van der Waals surface area contributed by atoms with Crippen LogP contribution in [0.25, 0.3) is 10.2 Å². The first-order chi connectivity index (χ1) is 11.1. The van der Waals surface area contributed by atoms with Crippen LogP contribution >= 0.6 is 11.3 Å². The van der Waals surface area contributed by atoms with Gasteiger partial charge >= 0.3 is 5.97 Å². The van der Waals surface area contributed by atoms with E-state index in [1.807, 2.05) is 6.07 Å². The van der Waals surface area contributed by atoms with Gasteiger partial charge in [-0.3, -0.25) is 4.79 Å². The van der Waals surface area contributed by atoms with Crippen molar-refractivity contribution in [1.29, 1.82) is 0 Å². The third-order valence-electron chi connectivity index (χ3n) is 4.51. The van der Waals surface area contributed by atoms with E-state index in [0.29, 0.717) is 0 Å². The van der Waals surface area contributed by atoms with Crippen LogP contribution in [-0.4, -0.2) is 35.7 Å². The first-order valence-corrected chi connectivity index (χ1v) is 8.68. The van der Waals surface area contributed by atoms with Gasteiger partial charge in [-0.05, 0) is 25.0 Å². The van der Waals surface area contributed by atoms with Gasteiger partial charge in [-0.1, -0.05) is 11.3 Å². The number of thiazole rings is 1. The molecule has 1 fully saturated rings. The molecule has 1 aromatic heterocycles. The fourth-order valence-electron chi connectivity index (χ4n) is 3.40. The van der Waals surface area contributed by atoms with Crippen molar-refractivity contribution in [2.75, 3.05) is 11.9 Å². The monoisotopic (exact) mass is 333 g/mol. The number of carbonyl (C=O) groups is 1. The zero-order valence-corrected chi connectivity index (χ0v) is 13.7. The predicted molar refractivity (Wildman–Crippen MR) is 89.0 cm³/mol. The van der Waals surface area contributed by atoms with E-state index in [0.717, 1.165) is 47.0 Å². The van der Waals surface area contributed by atoms with E-state index in [1.54, 1.807) is 11.3 Å². The van der Waals surface area contributed by atoms with Gasteiger partial charge in [0.15, 0.2) is 5.13 Å². The summed E-state index contributed by atoms with van der Waals surface area (Å²) in [5.41, 5.74) is 8.44. The molecule has 0 spiro atoms. The van der Waals surface area contributed by atoms with Crippen molar-refractivity contribution in [1.82, 2.24) is 4.98 Å². The Morgan fingerprint density at radius 3 is 3.17 bits per heavy atom. The number of aromatic nitrogens is 1. The number of benzene rings is 1. The standard InChI is InChI=1S/C16H19N3O3S/c1-8(20)22-12-3-2-10(14(12)17)18-16-19-15-9-6-7-21-11(9)4-5-13(15)23-16/h4-5,10,12,14H,2-3,6-7,17H2,1H3,(H,18,19)/t10-,12-,14-/m1/s1. The average Bonchev–Trinajstić information content (AvgIpc) is 3.19. The van der Waals surface area contributed by atoms with Gasteiger partial charge in [0.05, 0.1) is 22.9 Å². The van der Waals surface area contributed by atoms with Gasteiger partial charge < -0.3 is 20.5 Å². The number of nitrogens with two attached hydrogens (primary N) is 1. The largest absolute Gasteiger partial charge is 0.493 e. The number of anilines is 1. The van der Waals surface area contributed by atoms with Crippen LogP contribution in [0.1, 0.15) is 25.3 Å². The van der Waals surface area contributed by atoms with Gasteiger partial charge in [0.25, 0.3) is 0 Å². The topological polar surface area (TPSA) is 86.5 Å². The van der Waals surface area contributed by atoms with Crippen LogP contribution < -0.4 is 15.8 Å². The maximum absolute atomic E-state index is 11.1. The number of nitrogens with zero attached hydrogens (tertiary/aromatic N) is 1. The number of rotatable bonds is 3. The van der Waals surface area contributed by atoms with Crippen molar-refractivity contribution < 1.29 is 14.3 Å². The zero-order chi connectivity index (χ0) is 16.0. The molecule has 122 valence electrons. The highest BCUT2D eigenvalue weighted by Gasteiger charge is 2.36. The lowest BCUT2D eigenvalue weighted by molar-refractivity contribution is -0.146. The summed E-state index contributed by atoms with van der Waals surface area (Å²) in [5.74, 6) is 0.670. The Kier molecular flexibility index (Phi) is 3.61. The Morgan fingerprint density at radius 1 is 1.48 bits per heavy atom. The second-order valence-corrected chi connectivity index (χ2v) is 7.09. The molecule has 3 N–H and O–H groups in total. The highest BCUT2D eigenvalue weighted by atomic mass is 32.1. The summed E-state index contributed by atoms with van der Waals surface area (Å²) < 4.78 is 12.0. The number of hydrogen-bond donors (Lipinski definition) is 2. The molecule has 0 amide bonds. The molecule has 3 atom stereocenters. The summed E-state index contributed by atoms with van der Waals surface area (Å²) in [6.07, 6.45) is 2.35. The van der Waals surface area contributed by atoms with E-state index >= 15 is 0 Å². The van der Waals surface area contributed by atoms with Crippen molar-refractivity contribution >= 4 is 32.7 Å². The van der Waals surface area contributed by atoms with Gasteiger partial charge in [-0.15, -0.1) is 0 Å². The van der Waals surface area contributed by atoms with Crippen molar-refractivity contribution in [3.05, 3.63) is 17.7 Å². The minimum atomic E-state index is -0.276. The Labute approximate surface area is 138 Å². The fourth-order valence-corrected chi connectivity index (χ4v) is 4.35. The summed E-state index contributed by atoms with van der Waals surface area (Å²) in [6, 6.07) is 3.94. The first kappa shape index (κ1) is 14.7. The van der Waals surface area contributed by atoms with Crippen LogP contribution in [0.2, 0.25) is 0 Å². The van der Waals surface area contributed by atoms with Crippen molar-refractivity contribution in [3.63, 3.8) is 0 Å². The van der Waals surface area contributed by atoms with Gasteiger partial charge in [0, 0.05) is 24.9 Å². The minimum absolute atomic E-state index is 0.0733. The van der Waals surface area contributed by atoms with Crippen molar-refractivity contribution in [2.45, 2.75) is 44.4 Å². The second-order valence-electron chi connectivity index (χ2n) is 6.06. The highest BCUT2D eigenvalue weighted by molar-refractivity contribution is 7.22. The number of esters is 1. The molecule has 2 aliphatic rings. The molecule has 6 nitrogen and oxygen atoms in total. The molecule has 0 unspecified atom stereocenters. The molecule has 1 aliphatic heterocycles. The molecule has 0 bridgehead atoms. The van der Waals surface area contributed by atoms with Crippen LogP contribution in [0.4, 0.5) is 5.13 Å². The van der Waals surface area contributed by atoms with E-state index in [-0.39, 0.29) is 24.2 Å². The van der Waals surface area contributed by atoms with Crippen LogP contribution in [0.3, 0.4) is 0 Å². The SMILES string of the molecule is CC(=O)O[C@@H]1CC[C@@H](Nc2nc3c4c(ccc3s2)OCC4)[C@H]1N. The second kappa shape index (κ2) is 5.65. The molecule has 23 heavy (non-hydrogen) atoms. The molecule has 2 aromatic rings. The molecule has 2 heterocycles. The lowest BCUT2D eigenvalue weighted by Crippen LogP contribution is -2.43. The Morgan fingerprint density at radius 2 is 2.35 bits per heavy atom. The summed E-state index contributed by atoms with van der Waals surface area (Å²) in [5, 5.41) is 4.29. The maximum Gasteiger partial charge on any atom is 0.302 e. The molecule has 1 aromatic carbocycles. The third kappa shape index (κ3) is 2.64. The maximum atomic E-state index is 11.1. The highest BCUT2D eigenvalue weighted by Crippen LogP contribution is 2.37. The Balaban J connectivity index is 1.53. The van der Waals surface area contributed by atoms with Crippen LogP contribution in [0.5, 0.6) is 5.75 Å². The van der Waals surface area contributed by atoms with E-state index in [4.69, 9.17) is 20.2 Å². The smallest absolute Gasteiger partial charge is 0.302 e. The van der Waals surface area contributed by atoms with Gasteiger partial charge in [-0.25, -0.2) is 4.98 Å². The predicted octanol–water partition coefficient (Wildman–Crippen LogP) is 2.06. The zero-order valence-electron chi connectivity index (χ0n) is 12.9. The summed E-state index contributed by atoms with van der Waals surface area (Å²) in [7, 11) is 0. The summed E-state index contributed by atoms with van der Waals surface area (Å²) in [6.45, 7) is 2.15. The normalized spacial score (nSPS) is 26.1. The fraction of sp³-hybridized carbons (Fsp3) is 0.500. The number of ether oxygens (including phenoxy) is 2.